The van der Waals surface area contributed by atoms with Gasteiger partial charge in [0.1, 0.15) is 0 Å². The fourth-order valence-corrected chi connectivity index (χ4v) is 3.33. The summed E-state index contributed by atoms with van der Waals surface area (Å²) in [5, 5.41) is 6.80. The number of anilines is 1. The topological polar surface area (TPSA) is 61.8 Å². The first-order chi connectivity index (χ1) is 13.7. The molecule has 6 nitrogen and oxygen atoms in total. The summed E-state index contributed by atoms with van der Waals surface area (Å²) < 4.78 is 19.5. The van der Waals surface area contributed by atoms with Crippen molar-refractivity contribution >= 4 is 35.8 Å². The number of benzene rings is 1. The lowest BCUT2D eigenvalue weighted by Crippen LogP contribution is -2.44. The van der Waals surface area contributed by atoms with Crippen LogP contribution in [0.4, 0.5) is 10.2 Å². The van der Waals surface area contributed by atoms with Gasteiger partial charge in [0.2, 0.25) is 0 Å². The van der Waals surface area contributed by atoms with Gasteiger partial charge in [-0.1, -0.05) is 24.3 Å². The Morgan fingerprint density at radius 1 is 1.28 bits per heavy atom. The molecule has 0 radical (unpaired) electrons. The van der Waals surface area contributed by atoms with Crippen LogP contribution in [0.15, 0.2) is 47.6 Å². The number of aliphatic imine (C=N–C) groups is 1. The van der Waals surface area contributed by atoms with Crippen LogP contribution in [0.25, 0.3) is 0 Å². The van der Waals surface area contributed by atoms with Gasteiger partial charge in [-0.15, -0.1) is 24.0 Å². The van der Waals surface area contributed by atoms with Gasteiger partial charge in [-0.05, 0) is 36.6 Å². The van der Waals surface area contributed by atoms with Crippen molar-refractivity contribution in [3.63, 3.8) is 0 Å². The molecule has 0 amide bonds. The average molecular weight is 513 g/mol. The Balaban J connectivity index is 0.00000300. The van der Waals surface area contributed by atoms with Crippen LogP contribution in [-0.2, 0) is 17.9 Å². The van der Waals surface area contributed by atoms with E-state index in [0.717, 1.165) is 18.9 Å². The summed E-state index contributed by atoms with van der Waals surface area (Å²) in [6.07, 6.45) is 2.52. The summed E-state index contributed by atoms with van der Waals surface area (Å²) in [4.78, 5) is 10.5. The molecule has 1 aromatic carbocycles. The summed E-state index contributed by atoms with van der Waals surface area (Å²) >= 11 is 0. The molecule has 158 valence electrons. The minimum absolute atomic E-state index is 0. The molecule has 0 aliphatic carbocycles. The molecule has 0 saturated carbocycles. The summed E-state index contributed by atoms with van der Waals surface area (Å²) in [5.41, 5.74) is 2.35. The van der Waals surface area contributed by atoms with E-state index in [0.29, 0.717) is 32.1 Å². The lowest BCUT2D eigenvalue weighted by Gasteiger charge is -2.20. The molecule has 1 aromatic heterocycles. The third-order valence-corrected chi connectivity index (χ3v) is 4.82. The van der Waals surface area contributed by atoms with E-state index < -0.39 is 0 Å². The van der Waals surface area contributed by atoms with Crippen molar-refractivity contribution in [2.75, 3.05) is 31.6 Å². The summed E-state index contributed by atoms with van der Waals surface area (Å²) in [5.74, 6) is 0.871. The van der Waals surface area contributed by atoms with Crippen LogP contribution < -0.4 is 15.5 Å². The largest absolute Gasteiger partial charge is 0.377 e. The number of halogens is 2. The number of pyridine rings is 1. The molecule has 29 heavy (non-hydrogen) atoms. The van der Waals surface area contributed by atoms with E-state index in [1.807, 2.05) is 24.0 Å². The van der Waals surface area contributed by atoms with Crippen molar-refractivity contribution in [2.24, 2.45) is 4.99 Å². The highest BCUT2D eigenvalue weighted by molar-refractivity contribution is 14.0. The monoisotopic (exact) mass is 513 g/mol. The Bertz CT molecular complexity index is 804. The van der Waals surface area contributed by atoms with Crippen molar-refractivity contribution in [1.82, 2.24) is 15.6 Å². The Kier molecular flexibility index (Phi) is 9.59. The number of nitrogens with one attached hydrogen (secondary N) is 2. The second kappa shape index (κ2) is 11.9. The molecule has 1 aliphatic rings. The van der Waals surface area contributed by atoms with Gasteiger partial charge in [-0.2, -0.15) is 0 Å². The van der Waals surface area contributed by atoms with Crippen molar-refractivity contribution in [2.45, 2.75) is 32.5 Å². The standard InChI is InChI=1S/C21H28FN5O.HI/c1-3-28-15-17-8-5-4-7-16(17)13-25-21(23-2)26-18-10-12-27(14-18)20-19(22)9-6-11-24-20;/h4-9,11,18H,3,10,12-15H2,1-2H3,(H2,23,25,26);1H. The zero-order valence-electron chi connectivity index (χ0n) is 16.9. The van der Waals surface area contributed by atoms with E-state index in [1.54, 1.807) is 19.3 Å². The molecule has 0 spiro atoms. The van der Waals surface area contributed by atoms with Gasteiger partial charge >= 0.3 is 0 Å². The van der Waals surface area contributed by atoms with E-state index in [9.17, 15) is 4.39 Å². The van der Waals surface area contributed by atoms with Gasteiger partial charge in [-0.25, -0.2) is 9.37 Å². The first-order valence-electron chi connectivity index (χ1n) is 9.68. The molecular formula is C21H29FIN5O. The summed E-state index contributed by atoms with van der Waals surface area (Å²) in [6, 6.07) is 11.5. The molecule has 8 heteroatoms. The van der Waals surface area contributed by atoms with E-state index >= 15 is 0 Å². The Morgan fingerprint density at radius 2 is 2.07 bits per heavy atom. The maximum atomic E-state index is 14.0. The maximum absolute atomic E-state index is 14.0. The van der Waals surface area contributed by atoms with Crippen molar-refractivity contribution in [3.8, 4) is 0 Å². The van der Waals surface area contributed by atoms with Crippen molar-refractivity contribution in [1.29, 1.82) is 0 Å². The van der Waals surface area contributed by atoms with Crippen LogP contribution in [0, 0.1) is 5.82 Å². The molecule has 1 aliphatic heterocycles. The highest BCUT2D eigenvalue weighted by Gasteiger charge is 2.25. The number of ether oxygens (including phenoxy) is 1. The molecule has 1 unspecified atom stereocenters. The molecule has 2 heterocycles. The maximum Gasteiger partial charge on any atom is 0.191 e. The highest BCUT2D eigenvalue weighted by Crippen LogP contribution is 2.20. The SMILES string of the molecule is CCOCc1ccccc1CNC(=NC)NC1CCN(c2ncccc2F)C1.I. The number of hydrogen-bond acceptors (Lipinski definition) is 4. The minimum atomic E-state index is -0.281. The lowest BCUT2D eigenvalue weighted by atomic mass is 10.1. The lowest BCUT2D eigenvalue weighted by molar-refractivity contribution is 0.133. The average Bonchev–Trinajstić information content (AvgIpc) is 3.18. The fraction of sp³-hybridized carbons (Fsp3) is 0.429. The Labute approximate surface area is 189 Å². The zero-order chi connectivity index (χ0) is 19.8. The molecule has 0 bridgehead atoms. The van der Waals surface area contributed by atoms with Crippen LogP contribution in [0.5, 0.6) is 0 Å². The normalized spacial score (nSPS) is 16.4. The third-order valence-electron chi connectivity index (χ3n) is 4.82. The number of rotatable bonds is 7. The van der Waals surface area contributed by atoms with Crippen LogP contribution in [0.1, 0.15) is 24.5 Å². The summed E-state index contributed by atoms with van der Waals surface area (Å²) in [6.45, 7) is 5.41. The Morgan fingerprint density at radius 3 is 2.79 bits per heavy atom. The minimum Gasteiger partial charge on any atom is -0.377 e. The number of guanidine groups is 1. The molecular weight excluding hydrogens is 484 g/mol. The van der Waals surface area contributed by atoms with Gasteiger partial charge < -0.3 is 20.3 Å². The molecule has 2 N–H and O–H groups in total. The first kappa shape index (κ1) is 23.3. The van der Waals surface area contributed by atoms with Gasteiger partial charge in [0.05, 0.1) is 6.61 Å². The summed E-state index contributed by atoms with van der Waals surface area (Å²) in [7, 11) is 1.76. The molecule has 1 atom stereocenters. The van der Waals surface area contributed by atoms with Gasteiger partial charge in [0.25, 0.3) is 0 Å². The quantitative estimate of drug-likeness (QED) is 0.338. The van der Waals surface area contributed by atoms with Gasteiger partial charge in [0.15, 0.2) is 17.6 Å². The van der Waals surface area contributed by atoms with Gasteiger partial charge in [-0.3, -0.25) is 4.99 Å². The van der Waals surface area contributed by atoms with Crippen molar-refractivity contribution in [3.05, 3.63) is 59.5 Å². The van der Waals surface area contributed by atoms with E-state index in [4.69, 9.17) is 4.74 Å². The zero-order valence-corrected chi connectivity index (χ0v) is 19.2. The second-order valence-corrected chi connectivity index (χ2v) is 6.72. The van der Waals surface area contributed by atoms with E-state index in [2.05, 4.69) is 32.7 Å². The smallest absolute Gasteiger partial charge is 0.191 e. The first-order valence-corrected chi connectivity index (χ1v) is 9.68. The predicted octanol–water partition coefficient (Wildman–Crippen LogP) is 3.32. The van der Waals surface area contributed by atoms with Crippen LogP contribution >= 0.6 is 24.0 Å². The van der Waals surface area contributed by atoms with Crippen molar-refractivity contribution < 1.29 is 9.13 Å². The molecule has 3 rings (SSSR count). The molecule has 2 aromatic rings. The Hall–Kier alpha value is -1.94. The van der Waals surface area contributed by atoms with Crippen LogP contribution in [-0.4, -0.2) is 43.7 Å². The van der Waals surface area contributed by atoms with E-state index in [-0.39, 0.29) is 35.8 Å². The number of nitrogens with zero attached hydrogens (tertiary/aromatic N) is 3. The predicted molar refractivity (Wildman–Crippen MR) is 125 cm³/mol. The van der Waals surface area contributed by atoms with Crippen LogP contribution in [0.2, 0.25) is 0 Å². The van der Waals surface area contributed by atoms with E-state index in [1.165, 1.54) is 17.2 Å². The molecule has 1 fully saturated rings. The number of aromatic nitrogens is 1. The fourth-order valence-electron chi connectivity index (χ4n) is 3.33. The highest BCUT2D eigenvalue weighted by atomic mass is 127. The van der Waals surface area contributed by atoms with Gasteiger partial charge in [0, 0.05) is 45.5 Å². The van der Waals surface area contributed by atoms with Crippen LogP contribution in [0.3, 0.4) is 0 Å². The number of hydrogen-bond donors (Lipinski definition) is 2. The molecule has 1 saturated heterocycles. The third kappa shape index (κ3) is 6.53. The second-order valence-electron chi connectivity index (χ2n) is 6.72.